The number of hydrogen-bond acceptors (Lipinski definition) is 9. The van der Waals surface area contributed by atoms with Crippen LogP contribution in [-0.2, 0) is 9.59 Å². The number of ether oxygens (including phenoxy) is 2. The van der Waals surface area contributed by atoms with Crippen molar-refractivity contribution in [2.75, 3.05) is 23.1 Å². The molecule has 2 heterocycles. The fourth-order valence-corrected chi connectivity index (χ4v) is 4.14. The number of carbonyl (C=O) groups excluding carboxylic acids is 2. The van der Waals surface area contributed by atoms with Crippen LogP contribution in [0.2, 0.25) is 0 Å². The number of thioether (sulfide) groups is 1. The smallest absolute Gasteiger partial charge is 0.387 e. The van der Waals surface area contributed by atoms with Gasteiger partial charge in [0.2, 0.25) is 5.91 Å². The lowest BCUT2D eigenvalue weighted by Gasteiger charge is -2.18. The van der Waals surface area contributed by atoms with Gasteiger partial charge in [-0.2, -0.15) is 8.78 Å². The number of anilines is 2. The third-order valence-corrected chi connectivity index (χ3v) is 5.91. The number of nitro benzene ring substituents is 1. The Morgan fingerprint density at radius 1 is 1.26 bits per heavy atom. The molecule has 1 aliphatic heterocycles. The number of amidine groups is 1. The molecular formula is C24H18F2N4O7S. The number of benzene rings is 2. The van der Waals surface area contributed by atoms with Crippen molar-refractivity contribution in [1.29, 1.82) is 0 Å². The molecule has 1 N–H and O–H groups in total. The van der Waals surface area contributed by atoms with Crippen molar-refractivity contribution in [3.05, 3.63) is 82.4 Å². The fraction of sp³-hybridized carbons (Fsp3) is 0.125. The van der Waals surface area contributed by atoms with Gasteiger partial charge < -0.3 is 19.2 Å². The number of nitro groups is 1. The summed E-state index contributed by atoms with van der Waals surface area (Å²) in [6.07, 6.45) is 2.85. The second kappa shape index (κ2) is 11.6. The first-order valence-electron chi connectivity index (χ1n) is 10.7. The van der Waals surface area contributed by atoms with Gasteiger partial charge in [0.25, 0.3) is 11.6 Å². The quantitative estimate of drug-likeness (QED) is 0.228. The van der Waals surface area contributed by atoms with Crippen LogP contribution in [0.25, 0.3) is 6.08 Å². The number of nitrogens with one attached hydrogen (secondary N) is 1. The predicted molar refractivity (Wildman–Crippen MR) is 135 cm³/mol. The van der Waals surface area contributed by atoms with Crippen LogP contribution < -0.4 is 19.7 Å². The standard InChI is InChI=1S/C24H18F2N4O7S/c1-35-20-9-6-15(30(33)34)11-18(20)27-21(31)13-38-24-28-19(12-17-3-2-10-36-17)22(32)29(24)14-4-7-16(8-5-14)37-23(25)26/h2-12,23H,13H2,1H3,(H,27,31). The predicted octanol–water partition coefficient (Wildman–Crippen LogP) is 4.91. The Kier molecular flexibility index (Phi) is 8.01. The molecule has 2 amide bonds. The number of furan rings is 1. The highest BCUT2D eigenvalue weighted by Crippen LogP contribution is 2.32. The summed E-state index contributed by atoms with van der Waals surface area (Å²) in [5, 5.41) is 13.8. The molecule has 11 nitrogen and oxygen atoms in total. The first-order chi connectivity index (χ1) is 18.2. The number of methoxy groups -OCH3 is 1. The molecule has 0 radical (unpaired) electrons. The largest absolute Gasteiger partial charge is 0.495 e. The van der Waals surface area contributed by atoms with Crippen LogP contribution >= 0.6 is 11.8 Å². The lowest BCUT2D eigenvalue weighted by molar-refractivity contribution is -0.384. The summed E-state index contributed by atoms with van der Waals surface area (Å²) in [6.45, 7) is -3.01. The normalized spacial score (nSPS) is 14.1. The Bertz CT molecular complexity index is 1410. The molecule has 0 aliphatic carbocycles. The number of rotatable bonds is 9. The molecule has 1 aliphatic rings. The van der Waals surface area contributed by atoms with E-state index in [2.05, 4.69) is 15.0 Å². The van der Waals surface area contributed by atoms with Crippen molar-refractivity contribution in [3.63, 3.8) is 0 Å². The summed E-state index contributed by atoms with van der Waals surface area (Å²) in [6, 6.07) is 12.4. The lowest BCUT2D eigenvalue weighted by atomic mass is 10.2. The zero-order chi connectivity index (χ0) is 27.2. The molecule has 0 fully saturated rings. The highest BCUT2D eigenvalue weighted by molar-refractivity contribution is 8.14. The van der Waals surface area contributed by atoms with E-state index in [9.17, 15) is 28.5 Å². The van der Waals surface area contributed by atoms with Gasteiger partial charge in [-0.05, 0) is 42.5 Å². The summed E-state index contributed by atoms with van der Waals surface area (Å²) in [7, 11) is 1.35. The third kappa shape index (κ3) is 6.15. The number of alkyl halides is 2. The Morgan fingerprint density at radius 3 is 2.66 bits per heavy atom. The summed E-state index contributed by atoms with van der Waals surface area (Å²) in [4.78, 5) is 41.9. The highest BCUT2D eigenvalue weighted by atomic mass is 32.2. The number of aliphatic imine (C=N–C) groups is 1. The van der Waals surface area contributed by atoms with E-state index >= 15 is 0 Å². The van der Waals surface area contributed by atoms with Gasteiger partial charge in [0.05, 0.1) is 35.4 Å². The Balaban J connectivity index is 1.55. The van der Waals surface area contributed by atoms with Gasteiger partial charge >= 0.3 is 6.61 Å². The molecule has 196 valence electrons. The number of amides is 2. The van der Waals surface area contributed by atoms with E-state index in [0.717, 1.165) is 17.8 Å². The molecule has 0 unspecified atom stereocenters. The van der Waals surface area contributed by atoms with Crippen LogP contribution in [0.1, 0.15) is 5.76 Å². The van der Waals surface area contributed by atoms with Crippen LogP contribution in [0.3, 0.4) is 0 Å². The molecule has 3 aromatic rings. The molecule has 0 spiro atoms. The van der Waals surface area contributed by atoms with Crippen molar-refractivity contribution >= 4 is 51.9 Å². The van der Waals surface area contributed by atoms with Crippen LogP contribution in [0.4, 0.5) is 25.8 Å². The van der Waals surface area contributed by atoms with Crippen molar-refractivity contribution in [3.8, 4) is 11.5 Å². The maximum Gasteiger partial charge on any atom is 0.387 e. The van der Waals surface area contributed by atoms with E-state index in [-0.39, 0.29) is 39.5 Å². The molecule has 4 rings (SSSR count). The third-order valence-electron chi connectivity index (χ3n) is 4.97. The molecule has 0 saturated carbocycles. The maximum absolute atomic E-state index is 13.2. The number of hydrogen-bond donors (Lipinski definition) is 1. The van der Waals surface area contributed by atoms with Gasteiger partial charge in [-0.25, -0.2) is 4.99 Å². The molecule has 1 aromatic heterocycles. The minimum Gasteiger partial charge on any atom is -0.495 e. The topological polar surface area (TPSA) is 137 Å². The van der Waals surface area contributed by atoms with Gasteiger partial charge in [-0.3, -0.25) is 24.6 Å². The van der Waals surface area contributed by atoms with Gasteiger partial charge in [0.15, 0.2) is 5.17 Å². The van der Waals surface area contributed by atoms with E-state index in [1.165, 1.54) is 60.7 Å². The van der Waals surface area contributed by atoms with E-state index in [1.807, 2.05) is 0 Å². The minimum absolute atomic E-state index is 0.0242. The van der Waals surface area contributed by atoms with Gasteiger partial charge in [0.1, 0.15) is 23.0 Å². The zero-order valence-corrected chi connectivity index (χ0v) is 20.3. The number of nitrogens with zero attached hydrogens (tertiary/aromatic N) is 3. The molecule has 2 aromatic carbocycles. The zero-order valence-electron chi connectivity index (χ0n) is 19.5. The molecule has 38 heavy (non-hydrogen) atoms. The monoisotopic (exact) mass is 544 g/mol. The first kappa shape index (κ1) is 26.3. The lowest BCUT2D eigenvalue weighted by Crippen LogP contribution is -2.31. The van der Waals surface area contributed by atoms with Crippen molar-refractivity contribution in [2.45, 2.75) is 6.61 Å². The van der Waals surface area contributed by atoms with E-state index < -0.39 is 23.3 Å². The first-order valence-corrected chi connectivity index (χ1v) is 11.7. The molecular weight excluding hydrogens is 526 g/mol. The van der Waals surface area contributed by atoms with Crippen LogP contribution in [0.5, 0.6) is 11.5 Å². The average Bonchev–Trinajstić information content (AvgIpc) is 3.51. The second-order valence-corrected chi connectivity index (χ2v) is 8.37. The van der Waals surface area contributed by atoms with Crippen LogP contribution in [0.15, 0.2) is 76.0 Å². The summed E-state index contributed by atoms with van der Waals surface area (Å²) in [5.41, 5.74) is 0.182. The van der Waals surface area contributed by atoms with Crippen LogP contribution in [-0.4, -0.2) is 41.4 Å². The van der Waals surface area contributed by atoms with Crippen molar-refractivity contribution < 1.29 is 37.2 Å². The van der Waals surface area contributed by atoms with E-state index in [4.69, 9.17) is 9.15 Å². The summed E-state index contributed by atoms with van der Waals surface area (Å²) >= 11 is 0.919. The average molecular weight is 544 g/mol. The molecule has 0 saturated heterocycles. The Morgan fingerprint density at radius 2 is 2.03 bits per heavy atom. The van der Waals surface area contributed by atoms with E-state index in [0.29, 0.717) is 11.4 Å². The molecule has 14 heteroatoms. The highest BCUT2D eigenvalue weighted by Gasteiger charge is 2.33. The minimum atomic E-state index is -3.01. The fourth-order valence-electron chi connectivity index (χ4n) is 3.33. The number of carbonyl (C=O) groups is 2. The van der Waals surface area contributed by atoms with Gasteiger partial charge in [-0.1, -0.05) is 11.8 Å². The van der Waals surface area contributed by atoms with Gasteiger partial charge in [0, 0.05) is 18.2 Å². The van der Waals surface area contributed by atoms with E-state index in [1.54, 1.807) is 12.1 Å². The summed E-state index contributed by atoms with van der Waals surface area (Å²) in [5.74, 6) is -0.814. The molecule has 0 bridgehead atoms. The maximum atomic E-state index is 13.2. The summed E-state index contributed by atoms with van der Waals surface area (Å²) < 4.78 is 39.8. The second-order valence-electron chi connectivity index (χ2n) is 7.43. The Hall–Kier alpha value is -4.72. The molecule has 0 atom stereocenters. The number of non-ortho nitro benzene ring substituents is 1. The SMILES string of the molecule is COc1ccc([N+](=O)[O-])cc1NC(=O)CSC1=NC(=Cc2ccco2)C(=O)N1c1ccc(OC(F)F)cc1. The van der Waals surface area contributed by atoms with Crippen molar-refractivity contribution in [2.24, 2.45) is 4.99 Å². The Labute approximate surface area is 217 Å². The van der Waals surface area contributed by atoms with Crippen molar-refractivity contribution in [1.82, 2.24) is 0 Å². The number of halogens is 2. The van der Waals surface area contributed by atoms with Crippen LogP contribution in [0, 0.1) is 10.1 Å². The van der Waals surface area contributed by atoms with Gasteiger partial charge in [-0.15, -0.1) is 0 Å².